The van der Waals surface area contributed by atoms with Crippen LogP contribution < -0.4 is 5.32 Å². The Morgan fingerprint density at radius 2 is 2.10 bits per heavy atom. The molecule has 3 aromatic rings. The number of aromatic nitrogens is 4. The van der Waals surface area contributed by atoms with E-state index < -0.39 is 10.0 Å². The monoisotopic (exact) mass is 452 g/mol. The van der Waals surface area contributed by atoms with Crippen molar-refractivity contribution in [3.63, 3.8) is 0 Å². The van der Waals surface area contributed by atoms with Crippen LogP contribution in [-0.4, -0.2) is 52.0 Å². The molecule has 1 aliphatic heterocycles. The van der Waals surface area contributed by atoms with Crippen molar-refractivity contribution in [1.29, 1.82) is 0 Å². The molecule has 8 nitrogen and oxygen atoms in total. The summed E-state index contributed by atoms with van der Waals surface area (Å²) in [4.78, 5) is 0. The molecule has 1 aliphatic rings. The maximum atomic E-state index is 11.8. The molecule has 154 valence electrons. The lowest BCUT2D eigenvalue weighted by atomic mass is 10.0. The van der Waals surface area contributed by atoms with E-state index in [0.717, 1.165) is 23.4 Å². The van der Waals surface area contributed by atoms with Crippen molar-refractivity contribution in [2.75, 3.05) is 24.7 Å². The van der Waals surface area contributed by atoms with Crippen LogP contribution >= 0.6 is 22.9 Å². The first-order chi connectivity index (χ1) is 13.9. The van der Waals surface area contributed by atoms with E-state index in [1.54, 1.807) is 4.68 Å². The summed E-state index contributed by atoms with van der Waals surface area (Å²) in [6.07, 6.45) is 4.86. The lowest BCUT2D eigenvalue weighted by Gasteiger charge is -2.29. The van der Waals surface area contributed by atoms with Crippen LogP contribution in [0.3, 0.4) is 0 Å². The summed E-state index contributed by atoms with van der Waals surface area (Å²) in [6.45, 7) is 1.61. The van der Waals surface area contributed by atoms with Crippen molar-refractivity contribution < 1.29 is 8.42 Å². The van der Waals surface area contributed by atoms with Gasteiger partial charge in [0.25, 0.3) is 0 Å². The molecule has 1 saturated heterocycles. The summed E-state index contributed by atoms with van der Waals surface area (Å²) in [5.74, 6) is 0.741. The third-order valence-electron chi connectivity index (χ3n) is 4.81. The Balaban J connectivity index is 1.41. The normalized spacial score (nSPS) is 18.1. The van der Waals surface area contributed by atoms with Crippen molar-refractivity contribution in [1.82, 2.24) is 24.3 Å². The second-order valence-electron chi connectivity index (χ2n) is 7.02. The van der Waals surface area contributed by atoms with E-state index in [1.807, 2.05) is 36.5 Å². The van der Waals surface area contributed by atoms with Gasteiger partial charge in [-0.05, 0) is 24.5 Å². The summed E-state index contributed by atoms with van der Waals surface area (Å²) in [5, 5.41) is 18.3. The standard InChI is InChI=1S/C18H21ClN6O2S2/c1-29(26,27)25-9-4-6-14(12-25)17-21-22-18(28-17)20-16-8-10-24(23-16)11-13-5-2-3-7-15(13)19/h2-3,5,7-8,10,14H,4,6,9,11-12H2,1H3,(H,20,22,23)/t14-/m1/s1. The highest BCUT2D eigenvalue weighted by Gasteiger charge is 2.29. The van der Waals surface area contributed by atoms with E-state index in [2.05, 4.69) is 20.6 Å². The minimum absolute atomic E-state index is 0.0734. The summed E-state index contributed by atoms with van der Waals surface area (Å²) >= 11 is 7.65. The van der Waals surface area contributed by atoms with Gasteiger partial charge in [0.2, 0.25) is 15.2 Å². The number of anilines is 2. The molecule has 1 aromatic carbocycles. The number of piperidine rings is 1. The van der Waals surface area contributed by atoms with Crippen LogP contribution in [0.25, 0.3) is 0 Å². The predicted octanol–water partition coefficient (Wildman–Crippen LogP) is 3.32. The van der Waals surface area contributed by atoms with Gasteiger partial charge in [0.1, 0.15) is 5.01 Å². The molecular formula is C18H21ClN6O2S2. The predicted molar refractivity (Wildman–Crippen MR) is 114 cm³/mol. The van der Waals surface area contributed by atoms with Gasteiger partial charge in [-0.1, -0.05) is 41.1 Å². The molecule has 1 N–H and O–H groups in total. The minimum Gasteiger partial charge on any atom is -0.313 e. The molecule has 11 heteroatoms. The van der Waals surface area contributed by atoms with Crippen molar-refractivity contribution in [2.24, 2.45) is 0 Å². The maximum absolute atomic E-state index is 11.8. The first-order valence-electron chi connectivity index (χ1n) is 9.21. The minimum atomic E-state index is -3.18. The molecule has 4 rings (SSSR count). The average molecular weight is 453 g/mol. The fourth-order valence-corrected chi connectivity index (χ4v) is 5.31. The zero-order valence-corrected chi connectivity index (χ0v) is 18.2. The highest BCUT2D eigenvalue weighted by molar-refractivity contribution is 7.88. The lowest BCUT2D eigenvalue weighted by molar-refractivity contribution is 0.316. The number of benzene rings is 1. The van der Waals surface area contributed by atoms with E-state index in [1.165, 1.54) is 21.9 Å². The average Bonchev–Trinajstić information content (AvgIpc) is 3.33. The van der Waals surface area contributed by atoms with Gasteiger partial charge in [-0.15, -0.1) is 10.2 Å². The Bertz CT molecular complexity index is 1100. The number of hydrogen-bond donors (Lipinski definition) is 1. The summed E-state index contributed by atoms with van der Waals surface area (Å²) < 4.78 is 27.0. The molecule has 3 heterocycles. The molecular weight excluding hydrogens is 432 g/mol. The van der Waals surface area contributed by atoms with Crippen molar-refractivity contribution >= 4 is 43.9 Å². The Kier molecular flexibility index (Phi) is 5.86. The lowest BCUT2D eigenvalue weighted by Crippen LogP contribution is -2.38. The number of hydrogen-bond acceptors (Lipinski definition) is 7. The molecule has 0 unspecified atom stereocenters. The maximum Gasteiger partial charge on any atom is 0.211 e. The van der Waals surface area contributed by atoms with Gasteiger partial charge in [-0.2, -0.15) is 5.10 Å². The number of nitrogens with one attached hydrogen (secondary N) is 1. The van der Waals surface area contributed by atoms with Crippen LogP contribution in [0, 0.1) is 0 Å². The fraction of sp³-hybridized carbons (Fsp3) is 0.389. The van der Waals surface area contributed by atoms with Crippen LogP contribution in [0.2, 0.25) is 5.02 Å². The first-order valence-corrected chi connectivity index (χ1v) is 12.2. The topological polar surface area (TPSA) is 93.0 Å². The van der Waals surface area contributed by atoms with Crippen molar-refractivity contribution in [3.05, 3.63) is 52.1 Å². The molecule has 29 heavy (non-hydrogen) atoms. The van der Waals surface area contributed by atoms with E-state index in [4.69, 9.17) is 11.6 Å². The fourth-order valence-electron chi connectivity index (χ4n) is 3.32. The van der Waals surface area contributed by atoms with E-state index in [9.17, 15) is 8.42 Å². The molecule has 0 aliphatic carbocycles. The molecule has 0 radical (unpaired) electrons. The van der Waals surface area contributed by atoms with Gasteiger partial charge in [-0.25, -0.2) is 12.7 Å². The van der Waals surface area contributed by atoms with Gasteiger partial charge < -0.3 is 5.32 Å². The number of sulfonamides is 1. The largest absolute Gasteiger partial charge is 0.313 e. The second-order valence-corrected chi connectivity index (χ2v) is 10.4. The third kappa shape index (κ3) is 4.95. The Morgan fingerprint density at radius 3 is 2.90 bits per heavy atom. The Morgan fingerprint density at radius 1 is 1.28 bits per heavy atom. The number of rotatable bonds is 6. The Labute approximate surface area is 178 Å². The van der Waals surface area contributed by atoms with Gasteiger partial charge in [0, 0.05) is 36.3 Å². The first kappa shape index (κ1) is 20.3. The quantitative estimate of drug-likeness (QED) is 0.616. The van der Waals surface area contributed by atoms with Crippen LogP contribution in [-0.2, 0) is 16.6 Å². The zero-order valence-electron chi connectivity index (χ0n) is 15.8. The SMILES string of the molecule is CS(=O)(=O)N1CCC[C@@H](c2nnc(Nc3ccn(Cc4ccccc4Cl)n3)s2)C1. The van der Waals surface area contributed by atoms with Crippen LogP contribution in [0.5, 0.6) is 0 Å². The van der Waals surface area contributed by atoms with Gasteiger partial charge in [0.05, 0.1) is 12.8 Å². The summed E-state index contributed by atoms with van der Waals surface area (Å²) in [6, 6.07) is 9.54. The third-order valence-corrected chi connectivity index (χ3v) is 7.45. The van der Waals surface area contributed by atoms with Gasteiger partial charge >= 0.3 is 0 Å². The van der Waals surface area contributed by atoms with E-state index in [-0.39, 0.29) is 5.92 Å². The molecule has 0 bridgehead atoms. The number of halogens is 1. The van der Waals surface area contributed by atoms with Gasteiger partial charge in [-0.3, -0.25) is 4.68 Å². The van der Waals surface area contributed by atoms with E-state index in [0.29, 0.717) is 35.6 Å². The molecule has 0 spiro atoms. The number of nitrogens with zero attached hydrogens (tertiary/aromatic N) is 5. The Hall–Kier alpha value is -2.01. The molecule has 2 aromatic heterocycles. The van der Waals surface area contributed by atoms with Crippen LogP contribution in [0.4, 0.5) is 10.9 Å². The van der Waals surface area contributed by atoms with Crippen molar-refractivity contribution in [3.8, 4) is 0 Å². The zero-order chi connectivity index (χ0) is 20.4. The van der Waals surface area contributed by atoms with Crippen LogP contribution in [0.15, 0.2) is 36.5 Å². The molecule has 1 atom stereocenters. The van der Waals surface area contributed by atoms with Gasteiger partial charge in [0.15, 0.2) is 5.82 Å². The molecule has 0 saturated carbocycles. The molecule has 0 amide bonds. The summed E-state index contributed by atoms with van der Waals surface area (Å²) in [7, 11) is -3.18. The highest BCUT2D eigenvalue weighted by Crippen LogP contribution is 2.32. The smallest absolute Gasteiger partial charge is 0.211 e. The van der Waals surface area contributed by atoms with Crippen molar-refractivity contribution in [2.45, 2.75) is 25.3 Å². The highest BCUT2D eigenvalue weighted by atomic mass is 35.5. The second kappa shape index (κ2) is 8.39. The summed E-state index contributed by atoms with van der Waals surface area (Å²) in [5.41, 5.74) is 0.995. The van der Waals surface area contributed by atoms with Crippen LogP contribution in [0.1, 0.15) is 29.3 Å². The van der Waals surface area contributed by atoms with E-state index >= 15 is 0 Å². The molecule has 1 fully saturated rings.